The van der Waals surface area contributed by atoms with Gasteiger partial charge in [-0.1, -0.05) is 0 Å². The number of nitrogens with zero attached hydrogens (tertiary/aromatic N) is 1. The fourth-order valence-electron chi connectivity index (χ4n) is 2.26. The Morgan fingerprint density at radius 3 is 2.14 bits per heavy atom. The van der Waals surface area contributed by atoms with Crippen LogP contribution in [-0.2, 0) is 16.1 Å². The van der Waals surface area contributed by atoms with Crippen LogP contribution in [0, 0.1) is 0 Å². The summed E-state index contributed by atoms with van der Waals surface area (Å²) in [6.07, 6.45) is 0. The summed E-state index contributed by atoms with van der Waals surface area (Å²) in [7, 11) is 6.28. The van der Waals surface area contributed by atoms with Crippen molar-refractivity contribution >= 4 is 35.8 Å². The molecule has 1 rings (SSSR count). The van der Waals surface area contributed by atoms with Crippen molar-refractivity contribution in [3.05, 3.63) is 17.7 Å². The van der Waals surface area contributed by atoms with E-state index in [9.17, 15) is 4.79 Å². The van der Waals surface area contributed by atoms with Gasteiger partial charge in [-0.25, -0.2) is 4.99 Å². The van der Waals surface area contributed by atoms with E-state index in [4.69, 9.17) is 18.9 Å². The molecule has 0 aliphatic carbocycles. The van der Waals surface area contributed by atoms with Gasteiger partial charge in [-0.2, -0.15) is 0 Å². The Hall–Kier alpha value is -1.95. The van der Waals surface area contributed by atoms with E-state index in [0.717, 1.165) is 5.56 Å². The number of nitrogens with one attached hydrogen (secondary N) is 3. The molecular formula is C18H31IN4O5. The van der Waals surface area contributed by atoms with Gasteiger partial charge in [0, 0.05) is 20.2 Å². The van der Waals surface area contributed by atoms with Crippen LogP contribution in [0.3, 0.4) is 0 Å². The van der Waals surface area contributed by atoms with Crippen molar-refractivity contribution in [3.63, 3.8) is 0 Å². The second-order valence-corrected chi connectivity index (χ2v) is 5.43. The van der Waals surface area contributed by atoms with Crippen LogP contribution in [0.25, 0.3) is 0 Å². The first-order valence-corrected chi connectivity index (χ1v) is 8.66. The lowest BCUT2D eigenvalue weighted by molar-refractivity contribution is -0.120. The molecule has 1 amide bonds. The largest absolute Gasteiger partial charge is 0.493 e. The van der Waals surface area contributed by atoms with E-state index in [1.807, 2.05) is 19.1 Å². The number of ether oxygens (including phenoxy) is 4. The van der Waals surface area contributed by atoms with Gasteiger partial charge in [-0.05, 0) is 24.6 Å². The molecule has 10 heteroatoms. The lowest BCUT2D eigenvalue weighted by Crippen LogP contribution is -2.43. The number of carbonyl (C=O) groups is 1. The number of benzene rings is 1. The molecular weight excluding hydrogens is 479 g/mol. The predicted molar refractivity (Wildman–Crippen MR) is 119 cm³/mol. The number of carbonyl (C=O) groups excluding carboxylic acids is 1. The Morgan fingerprint density at radius 1 is 1.00 bits per heavy atom. The lowest BCUT2D eigenvalue weighted by atomic mass is 10.2. The smallest absolute Gasteiger partial charge is 0.239 e. The summed E-state index contributed by atoms with van der Waals surface area (Å²) in [6.45, 7) is 4.06. The number of hydrogen-bond donors (Lipinski definition) is 3. The van der Waals surface area contributed by atoms with Crippen LogP contribution < -0.4 is 30.2 Å². The SMILES string of the molecule is CCNC(=NCc1cc(OC)c(OC)c(OC)c1)NCC(=O)NCCOC.I. The van der Waals surface area contributed by atoms with Crippen molar-refractivity contribution in [2.24, 2.45) is 4.99 Å². The van der Waals surface area contributed by atoms with Crippen LogP contribution in [-0.4, -0.2) is 66.5 Å². The molecule has 160 valence electrons. The molecule has 0 atom stereocenters. The number of aliphatic imine (C=N–C) groups is 1. The molecule has 0 spiro atoms. The fraction of sp³-hybridized carbons (Fsp3) is 0.556. The van der Waals surface area contributed by atoms with E-state index in [0.29, 0.717) is 49.4 Å². The van der Waals surface area contributed by atoms with E-state index in [2.05, 4.69) is 20.9 Å². The molecule has 3 N–H and O–H groups in total. The second-order valence-electron chi connectivity index (χ2n) is 5.43. The Labute approximate surface area is 183 Å². The van der Waals surface area contributed by atoms with Crippen LogP contribution in [0.4, 0.5) is 0 Å². The molecule has 9 nitrogen and oxygen atoms in total. The van der Waals surface area contributed by atoms with E-state index < -0.39 is 0 Å². The summed E-state index contributed by atoms with van der Waals surface area (Å²) < 4.78 is 20.9. The molecule has 0 aliphatic rings. The summed E-state index contributed by atoms with van der Waals surface area (Å²) in [5, 5.41) is 8.84. The Bertz CT molecular complexity index is 603. The minimum Gasteiger partial charge on any atom is -0.493 e. The van der Waals surface area contributed by atoms with Crippen LogP contribution in [0.1, 0.15) is 12.5 Å². The molecule has 0 fully saturated rings. The van der Waals surface area contributed by atoms with Crippen LogP contribution in [0.15, 0.2) is 17.1 Å². The quantitative estimate of drug-likeness (QED) is 0.178. The van der Waals surface area contributed by atoms with Crippen molar-refractivity contribution < 1.29 is 23.7 Å². The van der Waals surface area contributed by atoms with Gasteiger partial charge in [-0.3, -0.25) is 4.79 Å². The maximum Gasteiger partial charge on any atom is 0.239 e. The molecule has 0 unspecified atom stereocenters. The normalized spacial score (nSPS) is 10.5. The first kappa shape index (κ1) is 26.1. The highest BCUT2D eigenvalue weighted by Crippen LogP contribution is 2.38. The zero-order valence-electron chi connectivity index (χ0n) is 17.1. The Balaban J connectivity index is 0.00000729. The van der Waals surface area contributed by atoms with Gasteiger partial charge >= 0.3 is 0 Å². The number of rotatable bonds is 11. The predicted octanol–water partition coefficient (Wildman–Crippen LogP) is 1.15. The molecule has 0 bridgehead atoms. The highest BCUT2D eigenvalue weighted by atomic mass is 127. The third kappa shape index (κ3) is 8.83. The molecule has 1 aromatic rings. The first-order chi connectivity index (χ1) is 13.1. The van der Waals surface area contributed by atoms with Crippen LogP contribution >= 0.6 is 24.0 Å². The van der Waals surface area contributed by atoms with Crippen LogP contribution in [0.5, 0.6) is 17.2 Å². The number of methoxy groups -OCH3 is 4. The highest BCUT2D eigenvalue weighted by molar-refractivity contribution is 14.0. The topological polar surface area (TPSA) is 102 Å². The fourth-order valence-corrected chi connectivity index (χ4v) is 2.26. The van der Waals surface area contributed by atoms with Gasteiger partial charge in [0.25, 0.3) is 0 Å². The third-order valence-corrected chi connectivity index (χ3v) is 3.53. The average Bonchev–Trinajstić information content (AvgIpc) is 2.69. The van der Waals surface area contributed by atoms with Crippen molar-refractivity contribution in [2.75, 3.05) is 54.7 Å². The van der Waals surface area contributed by atoms with E-state index >= 15 is 0 Å². The maximum atomic E-state index is 11.8. The van der Waals surface area contributed by atoms with Gasteiger partial charge in [0.15, 0.2) is 17.5 Å². The Kier molecular flexibility index (Phi) is 14.0. The molecule has 1 aromatic carbocycles. The molecule has 0 radical (unpaired) electrons. The number of hydrogen-bond acceptors (Lipinski definition) is 6. The Morgan fingerprint density at radius 2 is 1.64 bits per heavy atom. The lowest BCUT2D eigenvalue weighted by Gasteiger charge is -2.14. The number of amides is 1. The van der Waals surface area contributed by atoms with Crippen molar-refractivity contribution in [1.29, 1.82) is 0 Å². The number of halogens is 1. The summed E-state index contributed by atoms with van der Waals surface area (Å²) in [5.41, 5.74) is 0.881. The van der Waals surface area contributed by atoms with Gasteiger partial charge in [0.05, 0.1) is 41.0 Å². The van der Waals surface area contributed by atoms with E-state index in [1.165, 1.54) is 0 Å². The van der Waals surface area contributed by atoms with Gasteiger partial charge in [0.2, 0.25) is 11.7 Å². The monoisotopic (exact) mass is 510 g/mol. The van der Waals surface area contributed by atoms with Crippen molar-refractivity contribution in [1.82, 2.24) is 16.0 Å². The summed E-state index contributed by atoms with van der Waals surface area (Å²) in [6, 6.07) is 3.68. The second kappa shape index (κ2) is 15.0. The molecule has 0 aromatic heterocycles. The average molecular weight is 510 g/mol. The zero-order valence-corrected chi connectivity index (χ0v) is 19.4. The maximum absolute atomic E-state index is 11.8. The molecule has 0 saturated carbocycles. The summed E-state index contributed by atoms with van der Waals surface area (Å²) in [4.78, 5) is 16.3. The summed E-state index contributed by atoms with van der Waals surface area (Å²) in [5.74, 6) is 2.07. The molecule has 28 heavy (non-hydrogen) atoms. The van der Waals surface area contributed by atoms with Gasteiger partial charge in [0.1, 0.15) is 0 Å². The first-order valence-electron chi connectivity index (χ1n) is 8.66. The van der Waals surface area contributed by atoms with Crippen LogP contribution in [0.2, 0.25) is 0 Å². The van der Waals surface area contributed by atoms with Gasteiger partial charge < -0.3 is 34.9 Å². The zero-order chi connectivity index (χ0) is 20.1. The van der Waals surface area contributed by atoms with E-state index in [-0.39, 0.29) is 36.4 Å². The summed E-state index contributed by atoms with van der Waals surface area (Å²) >= 11 is 0. The standard InChI is InChI=1S/C18H30N4O5.HI/c1-6-19-18(22-12-16(23)20-7-8-24-2)21-11-13-9-14(25-3)17(27-5)15(10-13)26-4;/h9-10H,6-8,11-12H2,1-5H3,(H,20,23)(H2,19,21,22);1H. The van der Waals surface area contributed by atoms with Crippen molar-refractivity contribution in [2.45, 2.75) is 13.5 Å². The third-order valence-electron chi connectivity index (χ3n) is 3.53. The minimum atomic E-state index is -0.134. The molecule has 0 aliphatic heterocycles. The van der Waals surface area contributed by atoms with Gasteiger partial charge in [-0.15, -0.1) is 24.0 Å². The molecule has 0 saturated heterocycles. The van der Waals surface area contributed by atoms with Crippen molar-refractivity contribution in [3.8, 4) is 17.2 Å². The minimum absolute atomic E-state index is 0. The molecule has 0 heterocycles. The number of guanidine groups is 1. The van der Waals surface area contributed by atoms with E-state index in [1.54, 1.807) is 28.4 Å². The highest BCUT2D eigenvalue weighted by Gasteiger charge is 2.13.